The number of anilines is 3. The number of nitrogens with zero attached hydrogens (tertiary/aromatic N) is 2. The summed E-state index contributed by atoms with van der Waals surface area (Å²) < 4.78 is 27.0. The zero-order valence-corrected chi connectivity index (χ0v) is 10.6. The van der Waals surface area contributed by atoms with Gasteiger partial charge in [-0.3, -0.25) is 0 Å². The normalized spacial score (nSPS) is 10.3. The van der Waals surface area contributed by atoms with Crippen LogP contribution in [0.5, 0.6) is 0 Å². The number of benzene rings is 1. The molecule has 1 aromatic carbocycles. The summed E-state index contributed by atoms with van der Waals surface area (Å²) in [6.45, 7) is 0. The van der Waals surface area contributed by atoms with Crippen molar-refractivity contribution in [2.45, 2.75) is 0 Å². The van der Waals surface area contributed by atoms with Crippen LogP contribution in [0.3, 0.4) is 0 Å². The van der Waals surface area contributed by atoms with Crippen LogP contribution in [0.2, 0.25) is 0 Å². The van der Waals surface area contributed by atoms with Crippen molar-refractivity contribution in [1.29, 1.82) is 0 Å². The highest BCUT2D eigenvalue weighted by molar-refractivity contribution is 14.1. The number of hydrogen-bond acceptors (Lipinski definition) is 4. The van der Waals surface area contributed by atoms with Gasteiger partial charge >= 0.3 is 0 Å². The van der Waals surface area contributed by atoms with Crippen molar-refractivity contribution >= 4 is 40.0 Å². The van der Waals surface area contributed by atoms with Gasteiger partial charge in [0.25, 0.3) is 0 Å². The molecule has 7 heteroatoms. The van der Waals surface area contributed by atoms with Crippen molar-refractivity contribution in [2.24, 2.45) is 0 Å². The van der Waals surface area contributed by atoms with Crippen molar-refractivity contribution < 1.29 is 8.78 Å². The zero-order valence-electron chi connectivity index (χ0n) is 8.42. The largest absolute Gasteiger partial charge is 0.368 e. The van der Waals surface area contributed by atoms with Crippen molar-refractivity contribution in [3.05, 3.63) is 39.6 Å². The van der Waals surface area contributed by atoms with E-state index in [0.29, 0.717) is 9.26 Å². The standard InChI is InChI=1S/C10H7F2IN4/c11-5-2-1-3-7(8(5)13)16-9-6(12)4-15-10(14)17-9/h1-4H,(H3,14,15,16,17). The van der Waals surface area contributed by atoms with Crippen molar-refractivity contribution in [2.75, 3.05) is 11.1 Å². The molecular formula is C10H7F2IN4. The second-order valence-electron chi connectivity index (χ2n) is 3.15. The first-order valence-electron chi connectivity index (χ1n) is 4.57. The van der Waals surface area contributed by atoms with E-state index in [-0.39, 0.29) is 11.8 Å². The first kappa shape index (κ1) is 12.0. The van der Waals surface area contributed by atoms with Gasteiger partial charge < -0.3 is 11.1 Å². The molecule has 0 radical (unpaired) electrons. The second kappa shape index (κ2) is 4.78. The van der Waals surface area contributed by atoms with E-state index in [0.717, 1.165) is 6.20 Å². The number of nitrogen functional groups attached to an aromatic ring is 1. The first-order valence-corrected chi connectivity index (χ1v) is 5.65. The van der Waals surface area contributed by atoms with Crippen LogP contribution in [0.15, 0.2) is 24.4 Å². The SMILES string of the molecule is Nc1ncc(F)c(Nc2cccc(F)c2I)n1. The lowest BCUT2D eigenvalue weighted by Crippen LogP contribution is -2.03. The minimum absolute atomic E-state index is 0.0553. The molecule has 0 unspecified atom stereocenters. The number of hydrogen-bond donors (Lipinski definition) is 2. The smallest absolute Gasteiger partial charge is 0.222 e. The molecule has 1 aromatic heterocycles. The number of halogens is 3. The van der Waals surface area contributed by atoms with Crippen LogP contribution in [0.4, 0.5) is 26.2 Å². The topological polar surface area (TPSA) is 63.8 Å². The second-order valence-corrected chi connectivity index (χ2v) is 4.23. The van der Waals surface area contributed by atoms with E-state index in [4.69, 9.17) is 5.73 Å². The highest BCUT2D eigenvalue weighted by atomic mass is 127. The fourth-order valence-corrected chi connectivity index (χ4v) is 1.69. The first-order chi connectivity index (χ1) is 8.08. The highest BCUT2D eigenvalue weighted by Gasteiger charge is 2.09. The Hall–Kier alpha value is -1.51. The van der Waals surface area contributed by atoms with E-state index in [9.17, 15) is 8.78 Å². The number of rotatable bonds is 2. The predicted octanol–water partition coefficient (Wildman–Crippen LogP) is 2.69. The summed E-state index contributed by atoms with van der Waals surface area (Å²) in [6.07, 6.45) is 0.955. The molecule has 0 bridgehead atoms. The molecule has 0 aliphatic rings. The lowest BCUT2D eigenvalue weighted by Gasteiger charge is -2.09. The third-order valence-corrected chi connectivity index (χ3v) is 3.06. The van der Waals surface area contributed by atoms with Gasteiger partial charge in [0.15, 0.2) is 11.6 Å². The molecule has 4 nitrogen and oxygen atoms in total. The molecular weight excluding hydrogens is 341 g/mol. The third kappa shape index (κ3) is 2.60. The van der Waals surface area contributed by atoms with E-state index in [1.165, 1.54) is 12.1 Å². The molecule has 2 aromatic rings. The van der Waals surface area contributed by atoms with Crippen LogP contribution in [-0.4, -0.2) is 9.97 Å². The summed E-state index contributed by atoms with van der Waals surface area (Å²) in [5.41, 5.74) is 5.76. The van der Waals surface area contributed by atoms with Crippen LogP contribution in [0, 0.1) is 15.2 Å². The Bertz CT molecular complexity index is 562. The third-order valence-electron chi connectivity index (χ3n) is 1.97. The quantitative estimate of drug-likeness (QED) is 0.820. The molecule has 0 atom stereocenters. The minimum Gasteiger partial charge on any atom is -0.368 e. The predicted molar refractivity (Wildman–Crippen MR) is 68.8 cm³/mol. The molecule has 0 fully saturated rings. The summed E-state index contributed by atoms with van der Waals surface area (Å²) in [4.78, 5) is 7.19. The maximum Gasteiger partial charge on any atom is 0.222 e. The lowest BCUT2D eigenvalue weighted by molar-refractivity contribution is 0.617. The summed E-state index contributed by atoms with van der Waals surface area (Å²) in [5.74, 6) is -1.18. The monoisotopic (exact) mass is 348 g/mol. The van der Waals surface area contributed by atoms with Gasteiger partial charge in [0.1, 0.15) is 5.82 Å². The maximum atomic E-state index is 13.3. The summed E-state index contributed by atoms with van der Waals surface area (Å²) in [5, 5.41) is 2.67. The zero-order chi connectivity index (χ0) is 12.4. The molecule has 0 saturated carbocycles. The van der Waals surface area contributed by atoms with Gasteiger partial charge in [-0.25, -0.2) is 13.8 Å². The highest BCUT2D eigenvalue weighted by Crippen LogP contribution is 2.25. The average molecular weight is 348 g/mol. The van der Waals surface area contributed by atoms with Gasteiger partial charge in [0.05, 0.1) is 15.5 Å². The summed E-state index contributed by atoms with van der Waals surface area (Å²) >= 11 is 1.82. The Balaban J connectivity index is 2.38. The molecule has 0 spiro atoms. The van der Waals surface area contributed by atoms with Crippen molar-refractivity contribution in [3.8, 4) is 0 Å². The minimum atomic E-state index is -0.653. The van der Waals surface area contributed by atoms with E-state index in [2.05, 4.69) is 15.3 Å². The van der Waals surface area contributed by atoms with Crippen LogP contribution in [0.1, 0.15) is 0 Å². The van der Waals surface area contributed by atoms with Gasteiger partial charge in [-0.15, -0.1) is 0 Å². The summed E-state index contributed by atoms with van der Waals surface area (Å²) in [6, 6.07) is 4.45. The van der Waals surface area contributed by atoms with Crippen LogP contribution in [-0.2, 0) is 0 Å². The van der Waals surface area contributed by atoms with Crippen LogP contribution >= 0.6 is 22.6 Å². The Morgan fingerprint density at radius 3 is 2.76 bits per heavy atom. The molecule has 0 aliphatic carbocycles. The van der Waals surface area contributed by atoms with E-state index < -0.39 is 11.6 Å². The van der Waals surface area contributed by atoms with Gasteiger partial charge in [0.2, 0.25) is 5.95 Å². The van der Waals surface area contributed by atoms with Crippen LogP contribution in [0.25, 0.3) is 0 Å². The fourth-order valence-electron chi connectivity index (χ4n) is 1.20. The molecule has 17 heavy (non-hydrogen) atoms. The van der Waals surface area contributed by atoms with E-state index >= 15 is 0 Å². The van der Waals surface area contributed by atoms with Crippen LogP contribution < -0.4 is 11.1 Å². The summed E-state index contributed by atoms with van der Waals surface area (Å²) in [7, 11) is 0. The molecule has 3 N–H and O–H groups in total. The van der Waals surface area contributed by atoms with E-state index in [1.807, 2.05) is 22.6 Å². The average Bonchev–Trinajstić information content (AvgIpc) is 2.30. The molecule has 2 rings (SSSR count). The van der Waals surface area contributed by atoms with Gasteiger partial charge in [-0.1, -0.05) is 6.07 Å². The number of nitrogens with one attached hydrogen (secondary N) is 1. The number of nitrogens with two attached hydrogens (primary N) is 1. The molecule has 0 amide bonds. The number of aromatic nitrogens is 2. The lowest BCUT2D eigenvalue weighted by atomic mass is 10.3. The Morgan fingerprint density at radius 1 is 1.24 bits per heavy atom. The van der Waals surface area contributed by atoms with Gasteiger partial charge in [0, 0.05) is 0 Å². The maximum absolute atomic E-state index is 13.3. The Kier molecular flexibility index (Phi) is 3.36. The fraction of sp³-hybridized carbons (Fsp3) is 0. The van der Waals surface area contributed by atoms with Gasteiger partial charge in [-0.2, -0.15) is 4.98 Å². The Morgan fingerprint density at radius 2 is 2.00 bits per heavy atom. The van der Waals surface area contributed by atoms with E-state index in [1.54, 1.807) is 6.07 Å². The van der Waals surface area contributed by atoms with Gasteiger partial charge in [-0.05, 0) is 34.7 Å². The molecule has 0 aliphatic heterocycles. The van der Waals surface area contributed by atoms with Crippen molar-refractivity contribution in [1.82, 2.24) is 9.97 Å². The molecule has 1 heterocycles. The van der Waals surface area contributed by atoms with Crippen molar-refractivity contribution in [3.63, 3.8) is 0 Å². The molecule has 88 valence electrons. The molecule has 0 saturated heterocycles. The Labute approximate surface area is 109 Å².